The number of benzene rings is 10. The molecular formula is C72H59N. The van der Waals surface area contributed by atoms with E-state index < -0.39 is 10.8 Å². The first-order valence-electron chi connectivity index (χ1n) is 26.3. The van der Waals surface area contributed by atoms with E-state index in [2.05, 4.69) is 284 Å². The van der Waals surface area contributed by atoms with E-state index in [1.165, 1.54) is 106 Å². The quantitative estimate of drug-likeness (QED) is 0.170. The summed E-state index contributed by atoms with van der Waals surface area (Å²) in [5, 5.41) is 0. The molecule has 0 fully saturated rings. The summed E-state index contributed by atoms with van der Waals surface area (Å²) in [4.78, 5) is 2.54. The molecule has 14 rings (SSSR count). The van der Waals surface area contributed by atoms with Gasteiger partial charge < -0.3 is 4.90 Å². The second-order valence-corrected chi connectivity index (χ2v) is 23.2. The van der Waals surface area contributed by atoms with Crippen molar-refractivity contribution in [3.63, 3.8) is 0 Å². The van der Waals surface area contributed by atoms with Crippen LogP contribution in [-0.2, 0) is 27.1 Å². The molecule has 0 bridgehead atoms. The molecule has 0 aromatic heterocycles. The number of hydrogen-bond acceptors (Lipinski definition) is 1. The molecule has 1 nitrogen and oxygen atoms in total. The molecule has 1 atom stereocenters. The predicted octanol–water partition coefficient (Wildman–Crippen LogP) is 18.1. The zero-order valence-electron chi connectivity index (χ0n) is 42.9. The fourth-order valence-corrected chi connectivity index (χ4v) is 14.4. The van der Waals surface area contributed by atoms with Crippen LogP contribution in [0.25, 0.3) is 33.4 Å². The van der Waals surface area contributed by atoms with Crippen molar-refractivity contribution in [2.24, 2.45) is 0 Å². The van der Waals surface area contributed by atoms with E-state index in [1.807, 2.05) is 0 Å². The maximum Gasteiger partial charge on any atom is 0.0720 e. The molecule has 0 aliphatic heterocycles. The van der Waals surface area contributed by atoms with Crippen LogP contribution in [-0.4, -0.2) is 0 Å². The summed E-state index contributed by atoms with van der Waals surface area (Å²) in [5.74, 6) is 0. The van der Waals surface area contributed by atoms with Crippen molar-refractivity contribution in [1.82, 2.24) is 0 Å². The van der Waals surface area contributed by atoms with E-state index in [0.717, 1.165) is 17.1 Å². The number of rotatable bonds is 4. The Morgan fingerprint density at radius 2 is 0.630 bits per heavy atom. The van der Waals surface area contributed by atoms with Crippen molar-refractivity contribution in [2.45, 2.75) is 75.5 Å². The maximum atomic E-state index is 2.56. The zero-order valence-corrected chi connectivity index (χ0v) is 42.9. The van der Waals surface area contributed by atoms with E-state index in [1.54, 1.807) is 0 Å². The largest absolute Gasteiger partial charge is 0.310 e. The van der Waals surface area contributed by atoms with Gasteiger partial charge in [0.1, 0.15) is 0 Å². The number of hydrogen-bond donors (Lipinski definition) is 0. The highest BCUT2D eigenvalue weighted by Gasteiger charge is 2.55. The van der Waals surface area contributed by atoms with Gasteiger partial charge in [0.25, 0.3) is 0 Å². The van der Waals surface area contributed by atoms with E-state index >= 15 is 0 Å². The highest BCUT2D eigenvalue weighted by molar-refractivity contribution is 5.94. The Kier molecular flexibility index (Phi) is 9.15. The molecule has 0 heterocycles. The summed E-state index contributed by atoms with van der Waals surface area (Å²) in [6.45, 7) is 16.7. The molecule has 0 radical (unpaired) electrons. The van der Waals surface area contributed by atoms with Gasteiger partial charge in [0.2, 0.25) is 0 Å². The lowest BCUT2D eigenvalue weighted by Gasteiger charge is -2.47. The van der Waals surface area contributed by atoms with Gasteiger partial charge in [-0.1, -0.05) is 243 Å². The molecule has 0 saturated heterocycles. The Morgan fingerprint density at radius 1 is 0.274 bits per heavy atom. The molecule has 1 heteroatoms. The second kappa shape index (κ2) is 15.3. The third-order valence-corrected chi connectivity index (χ3v) is 17.8. The Labute approximate surface area is 431 Å². The van der Waals surface area contributed by atoms with E-state index in [4.69, 9.17) is 0 Å². The Hall–Kier alpha value is -8.00. The number of anilines is 3. The molecule has 4 aliphatic rings. The van der Waals surface area contributed by atoms with Crippen molar-refractivity contribution in [3.05, 3.63) is 303 Å². The van der Waals surface area contributed by atoms with Gasteiger partial charge in [-0.25, -0.2) is 0 Å². The molecule has 0 N–H and O–H groups in total. The summed E-state index contributed by atoms with van der Waals surface area (Å²) in [6.07, 6.45) is 0. The summed E-state index contributed by atoms with van der Waals surface area (Å²) in [5.41, 5.74) is 27.2. The molecule has 1 unspecified atom stereocenters. The lowest BCUT2D eigenvalue weighted by Crippen LogP contribution is -2.41. The van der Waals surface area contributed by atoms with E-state index in [9.17, 15) is 0 Å². The molecule has 4 aliphatic carbocycles. The lowest BCUT2D eigenvalue weighted by molar-refractivity contribution is 0.549. The van der Waals surface area contributed by atoms with Gasteiger partial charge in [0.05, 0.1) is 10.8 Å². The van der Waals surface area contributed by atoms with Crippen LogP contribution in [0.3, 0.4) is 0 Å². The van der Waals surface area contributed by atoms with Crippen molar-refractivity contribution in [3.8, 4) is 33.4 Å². The summed E-state index contributed by atoms with van der Waals surface area (Å²) in [7, 11) is 0. The zero-order chi connectivity index (χ0) is 49.6. The Balaban J connectivity index is 1.05. The fraction of sp³-hybridized carbons (Fsp3) is 0.167. The van der Waals surface area contributed by atoms with E-state index in [0.29, 0.717) is 0 Å². The third-order valence-electron chi connectivity index (χ3n) is 17.8. The van der Waals surface area contributed by atoms with Gasteiger partial charge in [-0.2, -0.15) is 0 Å². The highest BCUT2D eigenvalue weighted by atomic mass is 15.1. The van der Waals surface area contributed by atoms with Crippen LogP contribution in [0.1, 0.15) is 121 Å². The van der Waals surface area contributed by atoms with Gasteiger partial charge in [-0.3, -0.25) is 0 Å². The van der Waals surface area contributed by atoms with Crippen molar-refractivity contribution >= 4 is 17.1 Å². The minimum absolute atomic E-state index is 0.00173. The van der Waals surface area contributed by atoms with Crippen LogP contribution in [0.15, 0.2) is 231 Å². The minimum Gasteiger partial charge on any atom is -0.310 e. The van der Waals surface area contributed by atoms with E-state index in [-0.39, 0.29) is 16.2 Å². The first kappa shape index (κ1) is 43.8. The van der Waals surface area contributed by atoms with Gasteiger partial charge in [-0.15, -0.1) is 0 Å². The molecule has 10 aromatic rings. The normalized spacial score (nSPS) is 17.4. The highest BCUT2D eigenvalue weighted by Crippen LogP contribution is 2.65. The minimum atomic E-state index is -0.547. The predicted molar refractivity (Wildman–Crippen MR) is 304 cm³/mol. The number of fused-ring (bicyclic) bond motifs is 18. The van der Waals surface area contributed by atoms with Crippen molar-refractivity contribution < 1.29 is 0 Å². The summed E-state index contributed by atoms with van der Waals surface area (Å²) in [6, 6.07) is 88.5. The Morgan fingerprint density at radius 3 is 1.10 bits per heavy atom. The SMILES string of the molecule is CC(C)(C)c1ccc2c(c1)C(C)(C)c1ccccc1C21c2ccccc2-c2ccc(N(c3ccc(-c4ccccc4)cc3)c3ccc4c(c3)C3(c5ccccc5-4)c4ccccc4C(C)(C)c4ccccc43)cc21. The molecule has 0 amide bonds. The van der Waals surface area contributed by atoms with Gasteiger partial charge in [-0.05, 0) is 148 Å². The molecule has 352 valence electrons. The molecule has 0 saturated carbocycles. The van der Waals surface area contributed by atoms with Crippen LogP contribution in [0.2, 0.25) is 0 Å². The average molecular weight is 938 g/mol. The summed E-state index contributed by atoms with van der Waals surface area (Å²) >= 11 is 0. The topological polar surface area (TPSA) is 3.24 Å². The first-order valence-corrected chi connectivity index (χ1v) is 26.3. The maximum absolute atomic E-state index is 2.56. The Bertz CT molecular complexity index is 3850. The standard InChI is InChI=1S/C72H59N/c1-68(2,3)48-35-42-64-67(43-48)70(6,7)60-29-17-20-32-63(60)72(64)57-26-14-12-24-53(57)55-41-39-51(45-66(55)72)73(49-36-33-47(34-37-49)46-21-9-8-10-22-46)50-38-40-54-52-23-11-13-25-56(52)71(65(54)44-50)61-30-18-15-27-58(61)69(4,5)59-28-16-19-31-62(59)71/h8-45H,1-7H3. The van der Waals surface area contributed by atoms with Crippen LogP contribution in [0.4, 0.5) is 17.1 Å². The van der Waals surface area contributed by atoms with Gasteiger partial charge >= 0.3 is 0 Å². The number of nitrogens with zero attached hydrogens (tertiary/aromatic N) is 1. The average Bonchev–Trinajstić information content (AvgIpc) is 3.88. The monoisotopic (exact) mass is 937 g/mol. The third kappa shape index (κ3) is 5.80. The fourth-order valence-electron chi connectivity index (χ4n) is 14.4. The smallest absolute Gasteiger partial charge is 0.0720 e. The van der Waals surface area contributed by atoms with Crippen LogP contribution < -0.4 is 4.90 Å². The van der Waals surface area contributed by atoms with Crippen molar-refractivity contribution in [2.75, 3.05) is 4.90 Å². The lowest BCUT2D eigenvalue weighted by atomic mass is 9.55. The second-order valence-electron chi connectivity index (χ2n) is 23.2. The van der Waals surface area contributed by atoms with Gasteiger partial charge in [0.15, 0.2) is 0 Å². The van der Waals surface area contributed by atoms with Gasteiger partial charge in [0, 0.05) is 27.9 Å². The molecular weight excluding hydrogens is 879 g/mol. The molecule has 2 spiro atoms. The van der Waals surface area contributed by atoms with Crippen LogP contribution in [0, 0.1) is 0 Å². The first-order chi connectivity index (χ1) is 35.4. The summed E-state index contributed by atoms with van der Waals surface area (Å²) < 4.78 is 0. The van der Waals surface area contributed by atoms with Crippen molar-refractivity contribution in [1.29, 1.82) is 0 Å². The van der Waals surface area contributed by atoms with Crippen LogP contribution >= 0.6 is 0 Å². The molecule has 73 heavy (non-hydrogen) atoms. The van der Waals surface area contributed by atoms with Crippen LogP contribution in [0.5, 0.6) is 0 Å². The molecule has 10 aromatic carbocycles.